The van der Waals surface area contributed by atoms with E-state index >= 15 is 0 Å². The summed E-state index contributed by atoms with van der Waals surface area (Å²) in [5.74, 6) is 0. The zero-order chi connectivity index (χ0) is 25.6. The van der Waals surface area contributed by atoms with Gasteiger partial charge in [-0.25, -0.2) is 0 Å². The summed E-state index contributed by atoms with van der Waals surface area (Å²) in [6.07, 6.45) is 0. The second-order valence-corrected chi connectivity index (χ2v) is 10.2. The smallest absolute Gasteiger partial charge is 0.135 e. The van der Waals surface area contributed by atoms with Crippen LogP contribution in [0.25, 0.3) is 43.8 Å². The van der Waals surface area contributed by atoms with E-state index in [9.17, 15) is 0 Å². The number of fused-ring (bicyclic) bond motifs is 4. The Morgan fingerprint density at radius 1 is 0.553 bits per heavy atom. The highest BCUT2D eigenvalue weighted by atomic mass is 79.9. The predicted octanol–water partition coefficient (Wildman–Crippen LogP) is 10.2. The Morgan fingerprint density at radius 3 is 2.08 bits per heavy atom. The zero-order valence-corrected chi connectivity index (χ0v) is 22.0. The summed E-state index contributed by atoms with van der Waals surface area (Å²) in [5, 5.41) is 4.40. The van der Waals surface area contributed by atoms with Crippen LogP contribution in [-0.4, -0.2) is 0 Å². The molecule has 0 bridgehead atoms. The van der Waals surface area contributed by atoms with E-state index < -0.39 is 0 Å². The first-order chi connectivity index (χ1) is 18.7. The van der Waals surface area contributed by atoms with Crippen molar-refractivity contribution in [1.82, 2.24) is 0 Å². The molecule has 1 aromatic heterocycles. The molecule has 0 aliphatic heterocycles. The molecule has 38 heavy (non-hydrogen) atoms. The van der Waals surface area contributed by atoms with Crippen LogP contribution in [0.2, 0.25) is 0 Å². The summed E-state index contributed by atoms with van der Waals surface area (Å²) in [6, 6.07) is 44.1. The molecule has 0 atom stereocenters. The SMILES string of the molecule is Nc1ccc(-c2ccc(N(c3ccccc3)c3ccc4oc5ccccc5c4c3)cc2)c2cccc(Br)c12. The highest BCUT2D eigenvalue weighted by molar-refractivity contribution is 9.10. The Morgan fingerprint density at radius 2 is 1.24 bits per heavy atom. The van der Waals surface area contributed by atoms with Crippen molar-refractivity contribution in [3.63, 3.8) is 0 Å². The number of hydrogen-bond acceptors (Lipinski definition) is 3. The lowest BCUT2D eigenvalue weighted by Gasteiger charge is -2.25. The Labute approximate surface area is 228 Å². The molecule has 0 aliphatic rings. The quantitative estimate of drug-likeness (QED) is 0.220. The van der Waals surface area contributed by atoms with Gasteiger partial charge in [0.2, 0.25) is 0 Å². The third kappa shape index (κ3) is 3.73. The standard InChI is InChI=1S/C34H23BrN2O/c35-30-11-6-10-28-26(18-19-31(36)34(28)30)22-13-15-24(16-14-22)37(23-7-2-1-3-8-23)25-17-20-33-29(21-25)27-9-4-5-12-32(27)38-33/h1-21H,36H2. The monoisotopic (exact) mass is 554 g/mol. The molecular formula is C34H23BrN2O. The predicted molar refractivity (Wildman–Crippen MR) is 163 cm³/mol. The van der Waals surface area contributed by atoms with Crippen LogP contribution < -0.4 is 10.6 Å². The van der Waals surface area contributed by atoms with Gasteiger partial charge in [0.05, 0.1) is 0 Å². The molecule has 0 saturated carbocycles. The lowest BCUT2D eigenvalue weighted by molar-refractivity contribution is 0.669. The molecule has 6 aromatic carbocycles. The fourth-order valence-electron chi connectivity index (χ4n) is 5.31. The molecule has 7 aromatic rings. The van der Waals surface area contributed by atoms with Crippen molar-refractivity contribution >= 4 is 71.4 Å². The summed E-state index contributed by atoms with van der Waals surface area (Å²) in [4.78, 5) is 2.28. The van der Waals surface area contributed by atoms with E-state index in [2.05, 4.69) is 118 Å². The zero-order valence-electron chi connectivity index (χ0n) is 20.4. The molecule has 4 heteroatoms. The summed E-state index contributed by atoms with van der Waals surface area (Å²) in [5.41, 5.74) is 14.4. The molecular weight excluding hydrogens is 532 g/mol. The number of furan rings is 1. The van der Waals surface area contributed by atoms with Crippen molar-refractivity contribution in [2.45, 2.75) is 0 Å². The first-order valence-corrected chi connectivity index (χ1v) is 13.3. The molecule has 0 fully saturated rings. The number of rotatable bonds is 4. The first kappa shape index (κ1) is 22.6. The number of benzene rings is 6. The third-order valence-corrected chi connectivity index (χ3v) is 7.75. The number of nitrogen functional groups attached to an aromatic ring is 1. The highest BCUT2D eigenvalue weighted by Gasteiger charge is 2.16. The molecule has 0 aliphatic carbocycles. The second kappa shape index (κ2) is 9.09. The van der Waals surface area contributed by atoms with Crippen molar-refractivity contribution in [2.75, 3.05) is 10.6 Å². The lowest BCUT2D eigenvalue weighted by Crippen LogP contribution is -2.09. The number of anilines is 4. The normalized spacial score (nSPS) is 11.4. The van der Waals surface area contributed by atoms with E-state index in [1.807, 2.05) is 30.3 Å². The Balaban J connectivity index is 1.36. The van der Waals surface area contributed by atoms with Crippen LogP contribution in [0.4, 0.5) is 22.7 Å². The van der Waals surface area contributed by atoms with Crippen LogP contribution in [-0.2, 0) is 0 Å². The maximum absolute atomic E-state index is 6.32. The molecule has 182 valence electrons. The van der Waals surface area contributed by atoms with E-state index in [1.54, 1.807) is 0 Å². The van der Waals surface area contributed by atoms with E-state index in [-0.39, 0.29) is 0 Å². The van der Waals surface area contributed by atoms with Gasteiger partial charge in [0.1, 0.15) is 11.2 Å². The number of hydrogen-bond donors (Lipinski definition) is 1. The number of para-hydroxylation sites is 2. The maximum atomic E-state index is 6.32. The topological polar surface area (TPSA) is 42.4 Å². The summed E-state index contributed by atoms with van der Waals surface area (Å²) >= 11 is 3.67. The highest BCUT2D eigenvalue weighted by Crippen LogP contribution is 2.40. The molecule has 0 amide bonds. The van der Waals surface area contributed by atoms with Crippen LogP contribution in [0.3, 0.4) is 0 Å². The summed E-state index contributed by atoms with van der Waals surface area (Å²) in [6.45, 7) is 0. The van der Waals surface area contributed by atoms with Gasteiger partial charge in [0.25, 0.3) is 0 Å². The summed E-state index contributed by atoms with van der Waals surface area (Å²) in [7, 11) is 0. The Kier molecular flexibility index (Phi) is 5.41. The van der Waals surface area contributed by atoms with Gasteiger partial charge in [-0.15, -0.1) is 0 Å². The molecule has 0 spiro atoms. The average molecular weight is 555 g/mol. The van der Waals surface area contributed by atoms with Crippen molar-refractivity contribution in [1.29, 1.82) is 0 Å². The second-order valence-electron chi connectivity index (χ2n) is 9.36. The van der Waals surface area contributed by atoms with Crippen molar-refractivity contribution in [3.8, 4) is 11.1 Å². The van der Waals surface area contributed by atoms with Gasteiger partial charge >= 0.3 is 0 Å². The average Bonchev–Trinajstić information content (AvgIpc) is 3.33. The molecule has 1 heterocycles. The Bertz CT molecular complexity index is 1930. The van der Waals surface area contributed by atoms with Gasteiger partial charge in [-0.3, -0.25) is 0 Å². The van der Waals surface area contributed by atoms with Crippen LogP contribution in [0.5, 0.6) is 0 Å². The van der Waals surface area contributed by atoms with E-state index in [0.29, 0.717) is 0 Å². The van der Waals surface area contributed by atoms with E-state index in [0.717, 1.165) is 71.1 Å². The molecule has 3 nitrogen and oxygen atoms in total. The fraction of sp³-hybridized carbons (Fsp3) is 0. The minimum Gasteiger partial charge on any atom is -0.456 e. The molecule has 0 unspecified atom stereocenters. The number of halogens is 1. The van der Waals surface area contributed by atoms with E-state index in [1.165, 1.54) is 0 Å². The number of nitrogens with zero attached hydrogens (tertiary/aromatic N) is 1. The maximum Gasteiger partial charge on any atom is 0.135 e. The molecule has 2 N–H and O–H groups in total. The van der Waals surface area contributed by atoms with Crippen molar-refractivity contribution in [3.05, 3.63) is 132 Å². The lowest BCUT2D eigenvalue weighted by atomic mass is 9.97. The van der Waals surface area contributed by atoms with Gasteiger partial charge in [-0.2, -0.15) is 0 Å². The first-order valence-electron chi connectivity index (χ1n) is 12.5. The Hall–Kier alpha value is -4.54. The van der Waals surface area contributed by atoms with Gasteiger partial charge < -0.3 is 15.1 Å². The minimum absolute atomic E-state index is 0.769. The van der Waals surface area contributed by atoms with Gasteiger partial charge in [-0.05, 0) is 77.2 Å². The van der Waals surface area contributed by atoms with E-state index in [4.69, 9.17) is 10.2 Å². The van der Waals surface area contributed by atoms with Crippen LogP contribution in [0.15, 0.2) is 136 Å². The largest absolute Gasteiger partial charge is 0.456 e. The van der Waals surface area contributed by atoms with Gasteiger partial charge in [-0.1, -0.05) is 82.7 Å². The number of nitrogens with two attached hydrogens (primary N) is 1. The van der Waals surface area contributed by atoms with Crippen LogP contribution in [0, 0.1) is 0 Å². The van der Waals surface area contributed by atoms with Gasteiger partial charge in [0, 0.05) is 43.4 Å². The van der Waals surface area contributed by atoms with Crippen LogP contribution in [0.1, 0.15) is 0 Å². The molecule has 0 saturated heterocycles. The third-order valence-electron chi connectivity index (χ3n) is 7.09. The molecule has 0 radical (unpaired) electrons. The van der Waals surface area contributed by atoms with Crippen LogP contribution >= 0.6 is 15.9 Å². The van der Waals surface area contributed by atoms with Crippen molar-refractivity contribution < 1.29 is 4.42 Å². The van der Waals surface area contributed by atoms with Gasteiger partial charge in [0.15, 0.2) is 0 Å². The van der Waals surface area contributed by atoms with Crippen molar-refractivity contribution in [2.24, 2.45) is 0 Å². The summed E-state index contributed by atoms with van der Waals surface area (Å²) < 4.78 is 7.09. The fourth-order valence-corrected chi connectivity index (χ4v) is 5.90. The molecule has 7 rings (SSSR count). The minimum atomic E-state index is 0.769.